The minimum absolute atomic E-state index is 0.0534. The van der Waals surface area contributed by atoms with E-state index >= 15 is 0 Å². The number of fused-ring (bicyclic) bond motifs is 3. The first-order valence-electron chi connectivity index (χ1n) is 16.2. The van der Waals surface area contributed by atoms with E-state index in [0.717, 1.165) is 12.8 Å². The highest BCUT2D eigenvalue weighted by molar-refractivity contribution is 6.12. The van der Waals surface area contributed by atoms with Gasteiger partial charge in [-0.2, -0.15) is 4.58 Å². The van der Waals surface area contributed by atoms with Crippen LogP contribution in [0.25, 0.3) is 10.8 Å². The number of benzene rings is 4. The zero-order valence-corrected chi connectivity index (χ0v) is 27.7. The minimum atomic E-state index is -0.0534. The van der Waals surface area contributed by atoms with Crippen molar-refractivity contribution in [3.8, 4) is 0 Å². The van der Waals surface area contributed by atoms with Crippen molar-refractivity contribution in [2.24, 2.45) is 0 Å². The molecule has 0 saturated heterocycles. The zero-order valence-electron chi connectivity index (χ0n) is 27.7. The first-order chi connectivity index (χ1) is 21.6. The van der Waals surface area contributed by atoms with E-state index in [1.54, 1.807) is 0 Å². The Hall–Kier alpha value is -4.63. The molecular weight excluding hydrogens is 546 g/mol. The molecule has 226 valence electrons. The Balaban J connectivity index is 1.35. The lowest BCUT2D eigenvalue weighted by atomic mass is 9.83. The van der Waals surface area contributed by atoms with E-state index in [0.29, 0.717) is 0 Å². The van der Waals surface area contributed by atoms with Gasteiger partial charge >= 0.3 is 0 Å². The molecule has 3 aliphatic rings. The van der Waals surface area contributed by atoms with Crippen LogP contribution in [-0.4, -0.2) is 31.4 Å². The molecule has 0 aromatic heterocycles. The predicted octanol–water partition coefficient (Wildman–Crippen LogP) is 9.82. The summed E-state index contributed by atoms with van der Waals surface area (Å²) in [6, 6.07) is 33.1. The Kier molecular flexibility index (Phi) is 6.96. The molecule has 2 heterocycles. The molecule has 0 radical (unpaired) electrons. The summed E-state index contributed by atoms with van der Waals surface area (Å²) in [7, 11) is 6.64. The highest BCUT2D eigenvalue weighted by Crippen LogP contribution is 2.48. The van der Waals surface area contributed by atoms with Gasteiger partial charge in [-0.15, -0.1) is 0 Å². The molecule has 3 nitrogen and oxygen atoms in total. The van der Waals surface area contributed by atoms with E-state index in [1.807, 2.05) is 0 Å². The van der Waals surface area contributed by atoms with Crippen LogP contribution in [0.2, 0.25) is 0 Å². The maximum Gasteiger partial charge on any atom is 0.211 e. The van der Waals surface area contributed by atoms with E-state index in [9.17, 15) is 0 Å². The molecule has 4 aromatic carbocycles. The number of hydrogen-bond acceptors (Lipinski definition) is 2. The lowest BCUT2D eigenvalue weighted by Crippen LogP contribution is -2.23. The van der Waals surface area contributed by atoms with Crippen LogP contribution >= 0.6 is 0 Å². The summed E-state index contributed by atoms with van der Waals surface area (Å²) in [6.07, 6.45) is 11.6. The van der Waals surface area contributed by atoms with Crippen LogP contribution in [-0.2, 0) is 10.8 Å². The molecular formula is C42H44N3+. The maximum absolute atomic E-state index is 2.41. The van der Waals surface area contributed by atoms with Gasteiger partial charge in [0.05, 0.1) is 0 Å². The largest absolute Gasteiger partial charge is 0.347 e. The Labute approximate surface area is 268 Å². The Morgan fingerprint density at radius 1 is 0.578 bits per heavy atom. The van der Waals surface area contributed by atoms with E-state index in [-0.39, 0.29) is 10.8 Å². The van der Waals surface area contributed by atoms with Crippen LogP contribution in [0.15, 0.2) is 138 Å². The first-order valence-corrected chi connectivity index (χ1v) is 16.2. The summed E-state index contributed by atoms with van der Waals surface area (Å²) < 4.78 is 2.41. The number of hydrogen-bond donors (Lipinski definition) is 0. The quantitative estimate of drug-likeness (QED) is 0.220. The van der Waals surface area contributed by atoms with Gasteiger partial charge in [0.25, 0.3) is 0 Å². The van der Waals surface area contributed by atoms with Crippen LogP contribution in [0.3, 0.4) is 0 Å². The lowest BCUT2D eigenvalue weighted by Gasteiger charge is -2.24. The molecule has 1 saturated carbocycles. The molecule has 0 unspecified atom stereocenters. The molecule has 1 aliphatic carbocycles. The third-order valence-corrected chi connectivity index (χ3v) is 10.5. The van der Waals surface area contributed by atoms with Crippen LogP contribution in [0.5, 0.6) is 0 Å². The van der Waals surface area contributed by atoms with Crippen molar-refractivity contribution >= 4 is 33.5 Å². The highest BCUT2D eigenvalue weighted by atomic mass is 15.2. The van der Waals surface area contributed by atoms with Crippen molar-refractivity contribution in [1.29, 1.82) is 0 Å². The first kappa shape index (κ1) is 29.1. The van der Waals surface area contributed by atoms with Crippen molar-refractivity contribution in [3.05, 3.63) is 149 Å². The number of para-hydroxylation sites is 2. The van der Waals surface area contributed by atoms with E-state index in [4.69, 9.17) is 0 Å². The number of rotatable bonds is 3. The lowest BCUT2D eigenvalue weighted by molar-refractivity contribution is -0.403. The van der Waals surface area contributed by atoms with Gasteiger partial charge in [-0.1, -0.05) is 101 Å². The van der Waals surface area contributed by atoms with Gasteiger partial charge in [-0.05, 0) is 65.1 Å². The van der Waals surface area contributed by atoms with Crippen LogP contribution in [0.4, 0.5) is 17.1 Å². The molecule has 0 atom stereocenters. The van der Waals surface area contributed by atoms with Crippen LogP contribution in [0, 0.1) is 0 Å². The van der Waals surface area contributed by atoms with Gasteiger partial charge in [0, 0.05) is 71.0 Å². The summed E-state index contributed by atoms with van der Waals surface area (Å²) in [5.74, 6) is 0. The van der Waals surface area contributed by atoms with Gasteiger partial charge in [0.2, 0.25) is 11.4 Å². The average Bonchev–Trinajstić information content (AvgIpc) is 3.60. The van der Waals surface area contributed by atoms with Crippen LogP contribution < -0.4 is 9.80 Å². The van der Waals surface area contributed by atoms with Gasteiger partial charge in [0.1, 0.15) is 7.05 Å². The number of allylic oxidation sites excluding steroid dienone is 8. The fourth-order valence-corrected chi connectivity index (χ4v) is 7.94. The SMILES string of the molecule is CN1C(=CC=C2CCC(=CC=C3N(C)c4ccccc4C3(C)C)C2=[N+](C)c2ccc3ccccc3c2)C(C)(C)c2ccccc21. The predicted molar refractivity (Wildman–Crippen MR) is 192 cm³/mol. The van der Waals surface area contributed by atoms with Crippen molar-refractivity contribution in [1.82, 2.24) is 0 Å². The third-order valence-electron chi connectivity index (χ3n) is 10.5. The summed E-state index contributed by atoms with van der Waals surface area (Å²) in [4.78, 5) is 4.73. The topological polar surface area (TPSA) is 9.49 Å². The number of likely N-dealkylation sites (N-methyl/N-ethyl adjacent to an activating group) is 2. The molecule has 0 bridgehead atoms. The molecule has 0 amide bonds. The number of anilines is 2. The van der Waals surface area contributed by atoms with Crippen molar-refractivity contribution in [3.63, 3.8) is 0 Å². The fraction of sp³-hybridized carbons (Fsp3) is 0.262. The highest BCUT2D eigenvalue weighted by Gasteiger charge is 2.39. The second-order valence-electron chi connectivity index (χ2n) is 13.8. The summed E-state index contributed by atoms with van der Waals surface area (Å²) in [5, 5.41) is 2.53. The van der Waals surface area contributed by atoms with Gasteiger partial charge in [0.15, 0.2) is 0 Å². The Morgan fingerprint density at radius 3 is 1.56 bits per heavy atom. The standard InChI is InChI=1S/C42H44N3/c1-41(2)34-16-10-12-18-36(34)44(6)38(41)26-23-30-20-21-31(24-27-39-42(3,4)35-17-11-13-19-37(35)45(39)7)40(30)43(5)33-25-22-29-14-8-9-15-32(29)28-33/h8-19,22-28H,20-21H2,1-7H3/q+1. The van der Waals surface area contributed by atoms with Crippen molar-refractivity contribution in [2.75, 3.05) is 30.9 Å². The van der Waals surface area contributed by atoms with Gasteiger partial charge < -0.3 is 9.80 Å². The molecule has 7 rings (SSSR count). The Bertz CT molecular complexity index is 1900. The van der Waals surface area contributed by atoms with E-state index < -0.39 is 0 Å². The van der Waals surface area contributed by atoms with E-state index in [1.165, 1.54) is 67.2 Å². The summed E-state index contributed by atoms with van der Waals surface area (Å²) in [5.41, 5.74) is 13.2. The Morgan fingerprint density at radius 2 is 1.04 bits per heavy atom. The minimum Gasteiger partial charge on any atom is -0.347 e. The summed E-state index contributed by atoms with van der Waals surface area (Å²) >= 11 is 0. The molecule has 0 spiro atoms. The second kappa shape index (κ2) is 10.8. The molecule has 3 heteroatoms. The molecule has 0 N–H and O–H groups in total. The third kappa shape index (κ3) is 4.68. The van der Waals surface area contributed by atoms with Crippen molar-refractivity contribution < 1.29 is 4.58 Å². The fourth-order valence-electron chi connectivity index (χ4n) is 7.94. The number of nitrogens with zero attached hydrogens (tertiary/aromatic N) is 3. The molecule has 45 heavy (non-hydrogen) atoms. The normalized spacial score (nSPS) is 21.9. The van der Waals surface area contributed by atoms with Gasteiger partial charge in [-0.3, -0.25) is 0 Å². The smallest absolute Gasteiger partial charge is 0.211 e. The van der Waals surface area contributed by atoms with Crippen molar-refractivity contribution in [2.45, 2.75) is 51.4 Å². The summed E-state index contributed by atoms with van der Waals surface area (Å²) in [6.45, 7) is 9.37. The van der Waals surface area contributed by atoms with Gasteiger partial charge in [-0.25, -0.2) is 0 Å². The average molecular weight is 591 g/mol. The maximum atomic E-state index is 2.41. The molecule has 2 aliphatic heterocycles. The van der Waals surface area contributed by atoms with E-state index in [2.05, 4.69) is 179 Å². The second-order valence-corrected chi connectivity index (χ2v) is 13.8. The molecule has 4 aromatic rings. The zero-order chi connectivity index (χ0) is 31.5. The molecule has 1 fully saturated rings. The monoisotopic (exact) mass is 590 g/mol. The van der Waals surface area contributed by atoms with Crippen LogP contribution in [0.1, 0.15) is 51.7 Å².